The van der Waals surface area contributed by atoms with Crippen molar-refractivity contribution in [1.82, 2.24) is 0 Å². The van der Waals surface area contributed by atoms with Gasteiger partial charge in [0, 0.05) is 18.8 Å². The quantitative estimate of drug-likeness (QED) is 0.753. The molecule has 1 aromatic rings. The first-order valence-electron chi connectivity index (χ1n) is 5.98. The maximum absolute atomic E-state index is 8.83. The van der Waals surface area contributed by atoms with Crippen LogP contribution in [0.2, 0.25) is 0 Å². The number of aryl methyl sites for hydroxylation is 1. The van der Waals surface area contributed by atoms with Crippen molar-refractivity contribution < 1.29 is 0 Å². The van der Waals surface area contributed by atoms with Crippen LogP contribution in [0, 0.1) is 18.3 Å². The second-order valence-corrected chi connectivity index (χ2v) is 4.10. The molecule has 0 radical (unpaired) electrons. The molecule has 0 amide bonds. The van der Waals surface area contributed by atoms with Crippen molar-refractivity contribution >= 4 is 5.69 Å². The molecule has 0 N–H and O–H groups in total. The van der Waals surface area contributed by atoms with E-state index >= 15 is 0 Å². The van der Waals surface area contributed by atoms with Gasteiger partial charge in [0.25, 0.3) is 0 Å². The van der Waals surface area contributed by atoms with Crippen LogP contribution in [0.25, 0.3) is 0 Å². The number of hydrogen-bond acceptors (Lipinski definition) is 2. The lowest BCUT2D eigenvalue weighted by Gasteiger charge is -2.25. The number of hydrogen-bond donors (Lipinski definition) is 0. The lowest BCUT2D eigenvalue weighted by atomic mass is 10.1. The predicted molar refractivity (Wildman–Crippen MR) is 68.7 cm³/mol. The lowest BCUT2D eigenvalue weighted by molar-refractivity contribution is 0.743. The Balaban J connectivity index is 2.96. The highest BCUT2D eigenvalue weighted by molar-refractivity contribution is 5.56. The molecule has 0 aliphatic carbocycles. The summed E-state index contributed by atoms with van der Waals surface area (Å²) in [6.45, 7) is 8.64. The van der Waals surface area contributed by atoms with Crippen molar-refractivity contribution in [2.24, 2.45) is 0 Å². The smallest absolute Gasteiger partial charge is 0.0991 e. The number of rotatable bonds is 5. The average molecular weight is 216 g/mol. The summed E-state index contributed by atoms with van der Waals surface area (Å²) in [5.74, 6) is 0. The Bertz CT molecular complexity index is 371. The van der Waals surface area contributed by atoms with Crippen LogP contribution in [0.4, 0.5) is 5.69 Å². The van der Waals surface area contributed by atoms with Crippen LogP contribution in [-0.2, 0) is 0 Å². The second-order valence-electron chi connectivity index (χ2n) is 4.10. The fraction of sp³-hybridized carbons (Fsp3) is 0.500. The topological polar surface area (TPSA) is 27.0 Å². The Labute approximate surface area is 98.5 Å². The first-order valence-corrected chi connectivity index (χ1v) is 5.98. The molecule has 0 unspecified atom stereocenters. The zero-order chi connectivity index (χ0) is 12.0. The van der Waals surface area contributed by atoms with Gasteiger partial charge < -0.3 is 4.90 Å². The monoisotopic (exact) mass is 216 g/mol. The molecule has 2 heteroatoms. The van der Waals surface area contributed by atoms with Gasteiger partial charge in [0.15, 0.2) is 0 Å². The maximum atomic E-state index is 8.83. The minimum atomic E-state index is 0.745. The molecular formula is C14H20N2. The van der Waals surface area contributed by atoms with E-state index in [0.29, 0.717) is 0 Å². The van der Waals surface area contributed by atoms with Crippen molar-refractivity contribution in [2.75, 3.05) is 18.0 Å². The molecule has 86 valence electrons. The van der Waals surface area contributed by atoms with Crippen LogP contribution in [0.3, 0.4) is 0 Å². The zero-order valence-corrected chi connectivity index (χ0v) is 10.5. The van der Waals surface area contributed by atoms with Gasteiger partial charge in [-0.25, -0.2) is 0 Å². The van der Waals surface area contributed by atoms with E-state index in [0.717, 1.165) is 31.5 Å². The molecule has 0 saturated heterocycles. The summed E-state index contributed by atoms with van der Waals surface area (Å²) < 4.78 is 0. The van der Waals surface area contributed by atoms with Crippen LogP contribution in [0.15, 0.2) is 18.2 Å². The Morgan fingerprint density at radius 1 is 1.19 bits per heavy atom. The third-order valence-electron chi connectivity index (χ3n) is 2.65. The zero-order valence-electron chi connectivity index (χ0n) is 10.5. The second kappa shape index (κ2) is 6.17. The summed E-state index contributed by atoms with van der Waals surface area (Å²) in [4.78, 5) is 2.40. The molecule has 0 atom stereocenters. The summed E-state index contributed by atoms with van der Waals surface area (Å²) >= 11 is 0. The molecule has 0 aliphatic rings. The standard InChI is InChI=1S/C14H20N2/c1-4-8-16(9-5-2)14-7-6-13(11-15)10-12(14)3/h6-7,10H,4-5,8-9H2,1-3H3. The Hall–Kier alpha value is -1.49. The van der Waals surface area contributed by atoms with Gasteiger partial charge in [0.2, 0.25) is 0 Å². The van der Waals surface area contributed by atoms with Crippen LogP contribution in [0.1, 0.15) is 37.8 Å². The van der Waals surface area contributed by atoms with Crippen molar-refractivity contribution in [2.45, 2.75) is 33.6 Å². The third kappa shape index (κ3) is 3.00. The highest BCUT2D eigenvalue weighted by Crippen LogP contribution is 2.21. The molecule has 0 bridgehead atoms. The van der Waals surface area contributed by atoms with Crippen molar-refractivity contribution in [3.63, 3.8) is 0 Å². The molecule has 2 nitrogen and oxygen atoms in total. The van der Waals surface area contributed by atoms with Crippen LogP contribution >= 0.6 is 0 Å². The molecule has 0 aromatic heterocycles. The van der Waals surface area contributed by atoms with Gasteiger partial charge in [-0.1, -0.05) is 13.8 Å². The van der Waals surface area contributed by atoms with Crippen LogP contribution in [-0.4, -0.2) is 13.1 Å². The molecule has 0 aliphatic heterocycles. The van der Waals surface area contributed by atoms with Gasteiger partial charge in [0.05, 0.1) is 11.6 Å². The summed E-state index contributed by atoms with van der Waals surface area (Å²) in [7, 11) is 0. The van der Waals surface area contributed by atoms with Gasteiger partial charge in [0.1, 0.15) is 0 Å². The number of anilines is 1. The minimum absolute atomic E-state index is 0.745. The van der Waals surface area contributed by atoms with Gasteiger partial charge in [-0.3, -0.25) is 0 Å². The fourth-order valence-corrected chi connectivity index (χ4v) is 1.97. The number of nitrogens with zero attached hydrogens (tertiary/aromatic N) is 2. The van der Waals surface area contributed by atoms with E-state index in [1.807, 2.05) is 12.1 Å². The molecule has 0 heterocycles. The van der Waals surface area contributed by atoms with E-state index in [-0.39, 0.29) is 0 Å². The first-order chi connectivity index (χ1) is 7.72. The number of nitriles is 1. The molecule has 1 aromatic carbocycles. The van der Waals surface area contributed by atoms with Crippen molar-refractivity contribution in [3.05, 3.63) is 29.3 Å². The fourth-order valence-electron chi connectivity index (χ4n) is 1.97. The molecule has 0 spiro atoms. The van der Waals surface area contributed by atoms with Gasteiger partial charge >= 0.3 is 0 Å². The van der Waals surface area contributed by atoms with Gasteiger partial charge in [-0.05, 0) is 43.5 Å². The summed E-state index contributed by atoms with van der Waals surface area (Å²) in [6.07, 6.45) is 2.30. The lowest BCUT2D eigenvalue weighted by Crippen LogP contribution is -2.25. The normalized spacial score (nSPS) is 9.88. The van der Waals surface area contributed by atoms with Crippen molar-refractivity contribution in [3.8, 4) is 6.07 Å². The molecule has 0 fully saturated rings. The summed E-state index contributed by atoms with van der Waals surface area (Å²) in [5.41, 5.74) is 3.21. The first kappa shape index (κ1) is 12.6. The molecule has 0 saturated carbocycles. The third-order valence-corrected chi connectivity index (χ3v) is 2.65. The summed E-state index contributed by atoms with van der Waals surface area (Å²) in [5, 5.41) is 8.83. The van der Waals surface area contributed by atoms with Crippen LogP contribution in [0.5, 0.6) is 0 Å². The van der Waals surface area contributed by atoms with Crippen LogP contribution < -0.4 is 4.90 Å². The van der Waals surface area contributed by atoms with E-state index in [9.17, 15) is 0 Å². The van der Waals surface area contributed by atoms with E-state index < -0.39 is 0 Å². The average Bonchev–Trinajstić information content (AvgIpc) is 2.29. The Kier molecular flexibility index (Phi) is 4.85. The van der Waals surface area contributed by atoms with E-state index in [4.69, 9.17) is 5.26 Å². The predicted octanol–water partition coefficient (Wildman–Crippen LogP) is 3.49. The number of benzene rings is 1. The Morgan fingerprint density at radius 2 is 1.81 bits per heavy atom. The minimum Gasteiger partial charge on any atom is -0.371 e. The van der Waals surface area contributed by atoms with E-state index in [1.165, 1.54) is 11.3 Å². The van der Waals surface area contributed by atoms with E-state index in [2.05, 4.69) is 37.8 Å². The molecule has 16 heavy (non-hydrogen) atoms. The molecular weight excluding hydrogens is 196 g/mol. The maximum Gasteiger partial charge on any atom is 0.0991 e. The largest absolute Gasteiger partial charge is 0.371 e. The van der Waals surface area contributed by atoms with Gasteiger partial charge in [-0.2, -0.15) is 5.26 Å². The summed E-state index contributed by atoms with van der Waals surface area (Å²) in [6, 6.07) is 8.12. The van der Waals surface area contributed by atoms with E-state index in [1.54, 1.807) is 0 Å². The molecule has 1 rings (SSSR count). The highest BCUT2D eigenvalue weighted by Gasteiger charge is 2.07. The van der Waals surface area contributed by atoms with Crippen molar-refractivity contribution in [1.29, 1.82) is 5.26 Å². The highest BCUT2D eigenvalue weighted by atomic mass is 15.1. The SMILES string of the molecule is CCCN(CCC)c1ccc(C#N)cc1C. The Morgan fingerprint density at radius 3 is 2.25 bits per heavy atom. The van der Waals surface area contributed by atoms with Gasteiger partial charge in [-0.15, -0.1) is 0 Å².